The second-order valence-electron chi connectivity index (χ2n) is 4.74. The number of hydrogen-bond donors (Lipinski definition) is 2. The van der Waals surface area contributed by atoms with Crippen molar-refractivity contribution in [2.24, 2.45) is 5.73 Å². The Bertz CT molecular complexity index is 459. The first-order chi connectivity index (χ1) is 8.56. The highest BCUT2D eigenvalue weighted by atomic mass is 79.9. The first kappa shape index (κ1) is 13.3. The Morgan fingerprint density at radius 2 is 2.11 bits per heavy atom. The molecule has 1 fully saturated rings. The number of nitro benzene ring substituents is 1. The molecule has 3 N–H and O–H groups in total. The maximum absolute atomic E-state index is 11.1. The molecule has 0 bridgehead atoms. The van der Waals surface area contributed by atoms with E-state index in [2.05, 4.69) is 21.2 Å². The normalized spacial score (nSPS) is 17.7. The number of rotatable bonds is 4. The summed E-state index contributed by atoms with van der Waals surface area (Å²) in [6.07, 6.45) is 4.18. The van der Waals surface area contributed by atoms with Gasteiger partial charge in [0.25, 0.3) is 5.69 Å². The smallest absolute Gasteiger partial charge is 0.293 e. The van der Waals surface area contributed by atoms with E-state index in [4.69, 9.17) is 5.73 Å². The number of nitrogens with two attached hydrogens (primary N) is 1. The molecular formula is C12H16BrN3O2. The van der Waals surface area contributed by atoms with Gasteiger partial charge in [0, 0.05) is 22.6 Å². The van der Waals surface area contributed by atoms with E-state index in [-0.39, 0.29) is 16.1 Å². The second-order valence-corrected chi connectivity index (χ2v) is 5.65. The zero-order chi connectivity index (χ0) is 13.2. The fraction of sp³-hybridized carbons (Fsp3) is 0.500. The molecule has 6 heteroatoms. The van der Waals surface area contributed by atoms with E-state index < -0.39 is 0 Å². The molecule has 1 aromatic rings. The summed E-state index contributed by atoms with van der Waals surface area (Å²) >= 11 is 3.25. The molecule has 0 aliphatic heterocycles. The molecule has 0 unspecified atom stereocenters. The average Bonchev–Trinajstić information content (AvgIpc) is 2.80. The van der Waals surface area contributed by atoms with E-state index >= 15 is 0 Å². The van der Waals surface area contributed by atoms with Gasteiger partial charge in [-0.25, -0.2) is 0 Å². The van der Waals surface area contributed by atoms with Crippen LogP contribution in [0.25, 0.3) is 0 Å². The van der Waals surface area contributed by atoms with Crippen LogP contribution >= 0.6 is 15.9 Å². The summed E-state index contributed by atoms with van der Waals surface area (Å²) in [7, 11) is 0. The van der Waals surface area contributed by atoms with Gasteiger partial charge in [-0.05, 0) is 25.0 Å². The highest BCUT2D eigenvalue weighted by molar-refractivity contribution is 9.10. The molecule has 98 valence electrons. The summed E-state index contributed by atoms with van der Waals surface area (Å²) in [6, 6.07) is 5.05. The SMILES string of the molecule is NCC1(Nc2ccc(Br)cc2[N+](=O)[O-])CCCC1. The fourth-order valence-electron chi connectivity index (χ4n) is 2.48. The van der Waals surface area contributed by atoms with Crippen molar-refractivity contribution in [3.05, 3.63) is 32.8 Å². The van der Waals surface area contributed by atoms with E-state index in [9.17, 15) is 10.1 Å². The Kier molecular flexibility index (Phi) is 3.87. The topological polar surface area (TPSA) is 81.2 Å². The standard InChI is InChI=1S/C12H16BrN3O2/c13-9-3-4-10(11(7-9)16(17)18)15-12(8-14)5-1-2-6-12/h3-4,7,15H,1-2,5-6,8,14H2. The molecule has 0 saturated heterocycles. The van der Waals surface area contributed by atoms with Crippen LogP contribution in [0.15, 0.2) is 22.7 Å². The van der Waals surface area contributed by atoms with Gasteiger partial charge in [-0.2, -0.15) is 0 Å². The van der Waals surface area contributed by atoms with Gasteiger partial charge in [0.15, 0.2) is 0 Å². The van der Waals surface area contributed by atoms with Gasteiger partial charge in [-0.15, -0.1) is 0 Å². The van der Waals surface area contributed by atoms with Crippen molar-refractivity contribution in [3.8, 4) is 0 Å². The van der Waals surface area contributed by atoms with Crippen LogP contribution in [0.3, 0.4) is 0 Å². The van der Waals surface area contributed by atoms with Crippen LogP contribution in [0.1, 0.15) is 25.7 Å². The predicted molar refractivity (Wildman–Crippen MR) is 74.7 cm³/mol. The molecule has 18 heavy (non-hydrogen) atoms. The second kappa shape index (κ2) is 5.24. The van der Waals surface area contributed by atoms with Crippen molar-refractivity contribution in [1.29, 1.82) is 0 Å². The number of halogens is 1. The Morgan fingerprint density at radius 3 is 2.67 bits per heavy atom. The maximum Gasteiger partial charge on any atom is 0.293 e. The summed E-state index contributed by atoms with van der Waals surface area (Å²) in [5.74, 6) is 0. The lowest BCUT2D eigenvalue weighted by Gasteiger charge is -2.29. The minimum Gasteiger partial charge on any atom is -0.373 e. The Labute approximate surface area is 114 Å². The zero-order valence-corrected chi connectivity index (χ0v) is 11.6. The van der Waals surface area contributed by atoms with Gasteiger partial charge >= 0.3 is 0 Å². The lowest BCUT2D eigenvalue weighted by molar-refractivity contribution is -0.384. The third-order valence-corrected chi connectivity index (χ3v) is 4.00. The first-order valence-electron chi connectivity index (χ1n) is 5.98. The number of nitro groups is 1. The molecule has 1 aromatic carbocycles. The van der Waals surface area contributed by atoms with Crippen molar-refractivity contribution in [3.63, 3.8) is 0 Å². The van der Waals surface area contributed by atoms with Gasteiger partial charge in [0.05, 0.1) is 4.92 Å². The summed E-state index contributed by atoms with van der Waals surface area (Å²) in [5.41, 5.74) is 6.29. The Hall–Kier alpha value is -1.14. The summed E-state index contributed by atoms with van der Waals surface area (Å²) in [4.78, 5) is 10.7. The van der Waals surface area contributed by atoms with Gasteiger partial charge in [-0.3, -0.25) is 10.1 Å². The number of benzene rings is 1. The molecule has 0 amide bonds. The summed E-state index contributed by atoms with van der Waals surface area (Å²) in [5, 5.41) is 14.3. The van der Waals surface area contributed by atoms with E-state index in [0.29, 0.717) is 16.7 Å². The molecule has 0 atom stereocenters. The Morgan fingerprint density at radius 1 is 1.44 bits per heavy atom. The quantitative estimate of drug-likeness (QED) is 0.661. The van der Waals surface area contributed by atoms with Gasteiger partial charge < -0.3 is 11.1 Å². The van der Waals surface area contributed by atoms with Crippen LogP contribution in [-0.4, -0.2) is 17.0 Å². The van der Waals surface area contributed by atoms with Gasteiger partial charge in [-0.1, -0.05) is 28.8 Å². The van der Waals surface area contributed by atoms with Crippen LogP contribution in [0.4, 0.5) is 11.4 Å². The van der Waals surface area contributed by atoms with Crippen LogP contribution in [0.5, 0.6) is 0 Å². The monoisotopic (exact) mass is 313 g/mol. The lowest BCUT2D eigenvalue weighted by Crippen LogP contribution is -2.42. The minimum atomic E-state index is -0.369. The number of hydrogen-bond acceptors (Lipinski definition) is 4. The molecule has 0 spiro atoms. The first-order valence-corrected chi connectivity index (χ1v) is 6.78. The minimum absolute atomic E-state index is 0.0871. The molecule has 0 radical (unpaired) electrons. The zero-order valence-electron chi connectivity index (χ0n) is 9.99. The molecule has 1 saturated carbocycles. The van der Waals surface area contributed by atoms with Crippen molar-refractivity contribution >= 4 is 27.3 Å². The van der Waals surface area contributed by atoms with E-state index in [0.717, 1.165) is 25.7 Å². The van der Waals surface area contributed by atoms with Crippen molar-refractivity contribution in [2.45, 2.75) is 31.2 Å². The predicted octanol–water partition coefficient (Wildman–Crippen LogP) is 3.04. The third kappa shape index (κ3) is 2.64. The molecule has 2 rings (SSSR count). The van der Waals surface area contributed by atoms with Crippen molar-refractivity contribution in [1.82, 2.24) is 0 Å². The van der Waals surface area contributed by atoms with E-state index in [1.165, 1.54) is 6.07 Å². The maximum atomic E-state index is 11.1. The number of nitrogens with one attached hydrogen (secondary N) is 1. The van der Waals surface area contributed by atoms with Crippen molar-refractivity contribution < 1.29 is 4.92 Å². The third-order valence-electron chi connectivity index (χ3n) is 3.51. The molecule has 0 heterocycles. The van der Waals surface area contributed by atoms with Crippen molar-refractivity contribution in [2.75, 3.05) is 11.9 Å². The van der Waals surface area contributed by atoms with Gasteiger partial charge in [0.1, 0.15) is 5.69 Å². The van der Waals surface area contributed by atoms with E-state index in [1.54, 1.807) is 12.1 Å². The Balaban J connectivity index is 2.30. The number of nitrogens with zero attached hydrogens (tertiary/aromatic N) is 1. The highest BCUT2D eigenvalue weighted by Gasteiger charge is 2.33. The molecule has 1 aliphatic rings. The summed E-state index contributed by atoms with van der Waals surface area (Å²) in [6.45, 7) is 0.500. The van der Waals surface area contributed by atoms with Gasteiger partial charge in [0.2, 0.25) is 0 Å². The molecule has 5 nitrogen and oxygen atoms in total. The molecular weight excluding hydrogens is 298 g/mol. The number of anilines is 1. The largest absolute Gasteiger partial charge is 0.373 e. The molecule has 1 aliphatic carbocycles. The van der Waals surface area contributed by atoms with Crippen LogP contribution in [0, 0.1) is 10.1 Å². The van der Waals surface area contributed by atoms with E-state index in [1.807, 2.05) is 0 Å². The average molecular weight is 314 g/mol. The fourth-order valence-corrected chi connectivity index (χ4v) is 2.83. The lowest BCUT2D eigenvalue weighted by atomic mass is 9.97. The molecule has 0 aromatic heterocycles. The highest BCUT2D eigenvalue weighted by Crippen LogP contribution is 2.36. The van der Waals surface area contributed by atoms with Crippen LogP contribution in [0.2, 0.25) is 0 Å². The summed E-state index contributed by atoms with van der Waals surface area (Å²) < 4.78 is 0.702. The van der Waals surface area contributed by atoms with Crippen LogP contribution in [-0.2, 0) is 0 Å². The van der Waals surface area contributed by atoms with Crippen LogP contribution < -0.4 is 11.1 Å².